The predicted octanol–water partition coefficient (Wildman–Crippen LogP) is 3.55. The summed E-state index contributed by atoms with van der Waals surface area (Å²) in [5.41, 5.74) is 6.48. The highest BCUT2D eigenvalue weighted by Gasteiger charge is 2.03. The zero-order valence-corrected chi connectivity index (χ0v) is 10.1. The van der Waals surface area contributed by atoms with Gasteiger partial charge in [0.25, 0.3) is 0 Å². The number of hydrogen-bond donors (Lipinski definition) is 2. The van der Waals surface area contributed by atoms with Crippen LogP contribution in [0.1, 0.15) is 22.3 Å². The maximum atomic E-state index is 3.49. The molecule has 0 saturated carbocycles. The Kier molecular flexibility index (Phi) is 3.00. The number of aryl methyl sites for hydroxylation is 3. The van der Waals surface area contributed by atoms with E-state index in [-0.39, 0.29) is 0 Å². The van der Waals surface area contributed by atoms with Crippen molar-refractivity contribution in [2.75, 3.05) is 5.32 Å². The first-order valence-corrected chi connectivity index (χ1v) is 5.60. The van der Waals surface area contributed by atoms with Crippen LogP contribution < -0.4 is 5.32 Å². The summed E-state index contributed by atoms with van der Waals surface area (Å²) in [4.78, 5) is 3.06. The third-order valence-corrected chi connectivity index (χ3v) is 2.81. The van der Waals surface area contributed by atoms with E-state index < -0.39 is 0 Å². The number of benzene rings is 1. The molecule has 2 aromatic rings. The van der Waals surface area contributed by atoms with Crippen LogP contribution in [0.15, 0.2) is 30.6 Å². The van der Waals surface area contributed by atoms with Crippen LogP contribution in [0.5, 0.6) is 0 Å². The molecule has 84 valence electrons. The van der Waals surface area contributed by atoms with Gasteiger partial charge in [0.15, 0.2) is 0 Å². The minimum absolute atomic E-state index is 0.869. The van der Waals surface area contributed by atoms with E-state index in [4.69, 9.17) is 0 Å². The standard InChI is InChI=1S/C14H18N2/c1-10-6-11(2)14(12(3)7-10)16-9-13-4-5-15-8-13/h4-8,15-16H,9H2,1-3H3. The molecule has 2 rings (SSSR count). The van der Waals surface area contributed by atoms with Crippen LogP contribution in [0.3, 0.4) is 0 Å². The Labute approximate surface area is 96.7 Å². The van der Waals surface area contributed by atoms with E-state index in [9.17, 15) is 0 Å². The molecule has 0 amide bonds. The number of hydrogen-bond acceptors (Lipinski definition) is 1. The molecule has 2 heteroatoms. The molecule has 2 N–H and O–H groups in total. The molecule has 0 atom stereocenters. The van der Waals surface area contributed by atoms with Crippen LogP contribution in [0, 0.1) is 20.8 Å². The molecule has 16 heavy (non-hydrogen) atoms. The summed E-state index contributed by atoms with van der Waals surface area (Å²) >= 11 is 0. The summed E-state index contributed by atoms with van der Waals surface area (Å²) in [6.45, 7) is 7.31. The lowest BCUT2D eigenvalue weighted by Gasteiger charge is -2.13. The van der Waals surface area contributed by atoms with Crippen molar-refractivity contribution >= 4 is 5.69 Å². The molecule has 2 nitrogen and oxygen atoms in total. The van der Waals surface area contributed by atoms with Gasteiger partial charge in [0, 0.05) is 24.6 Å². The molecule has 0 saturated heterocycles. The van der Waals surface area contributed by atoms with Crippen molar-refractivity contribution < 1.29 is 0 Å². The van der Waals surface area contributed by atoms with E-state index in [0.717, 1.165) is 6.54 Å². The molecule has 0 unspecified atom stereocenters. The normalized spacial score (nSPS) is 10.4. The predicted molar refractivity (Wildman–Crippen MR) is 68.8 cm³/mol. The highest BCUT2D eigenvalue weighted by atomic mass is 14.9. The number of aromatic amines is 1. The van der Waals surface area contributed by atoms with E-state index in [1.807, 2.05) is 12.4 Å². The van der Waals surface area contributed by atoms with E-state index in [0.29, 0.717) is 0 Å². The second kappa shape index (κ2) is 4.44. The molecule has 0 fully saturated rings. The quantitative estimate of drug-likeness (QED) is 0.803. The van der Waals surface area contributed by atoms with Gasteiger partial charge in [-0.15, -0.1) is 0 Å². The van der Waals surface area contributed by atoms with Crippen molar-refractivity contribution in [3.05, 3.63) is 52.8 Å². The van der Waals surface area contributed by atoms with Gasteiger partial charge in [-0.1, -0.05) is 17.7 Å². The smallest absolute Gasteiger partial charge is 0.0415 e. The van der Waals surface area contributed by atoms with Crippen molar-refractivity contribution in [2.24, 2.45) is 0 Å². The minimum Gasteiger partial charge on any atom is -0.380 e. The molecule has 1 aromatic carbocycles. The minimum atomic E-state index is 0.869. The topological polar surface area (TPSA) is 27.8 Å². The molecule has 0 aliphatic heterocycles. The van der Waals surface area contributed by atoms with Gasteiger partial charge < -0.3 is 10.3 Å². The van der Waals surface area contributed by atoms with E-state index in [2.05, 4.69) is 49.3 Å². The Morgan fingerprint density at radius 2 is 1.81 bits per heavy atom. The Balaban J connectivity index is 2.15. The van der Waals surface area contributed by atoms with E-state index in [1.165, 1.54) is 27.9 Å². The van der Waals surface area contributed by atoms with Crippen molar-refractivity contribution in [1.29, 1.82) is 0 Å². The van der Waals surface area contributed by atoms with Crippen molar-refractivity contribution in [3.63, 3.8) is 0 Å². The third kappa shape index (κ3) is 2.27. The Morgan fingerprint density at radius 3 is 2.38 bits per heavy atom. The molecule has 0 radical (unpaired) electrons. The monoisotopic (exact) mass is 214 g/mol. The fraction of sp³-hybridized carbons (Fsp3) is 0.286. The summed E-state index contributed by atoms with van der Waals surface area (Å²) in [6.07, 6.45) is 3.97. The van der Waals surface area contributed by atoms with Gasteiger partial charge in [-0.3, -0.25) is 0 Å². The summed E-state index contributed by atoms with van der Waals surface area (Å²) in [5, 5.41) is 3.49. The van der Waals surface area contributed by atoms with E-state index in [1.54, 1.807) is 0 Å². The molecule has 1 heterocycles. The first-order valence-electron chi connectivity index (χ1n) is 5.60. The van der Waals surface area contributed by atoms with Crippen LogP contribution in [0.25, 0.3) is 0 Å². The zero-order chi connectivity index (χ0) is 11.5. The summed E-state index contributed by atoms with van der Waals surface area (Å²) in [6, 6.07) is 6.52. The number of H-pyrrole nitrogens is 1. The molecule has 1 aromatic heterocycles. The summed E-state index contributed by atoms with van der Waals surface area (Å²) in [5.74, 6) is 0. The average molecular weight is 214 g/mol. The third-order valence-electron chi connectivity index (χ3n) is 2.81. The maximum absolute atomic E-state index is 3.49. The second-order valence-electron chi connectivity index (χ2n) is 4.35. The number of aromatic nitrogens is 1. The number of rotatable bonds is 3. The first-order chi connectivity index (χ1) is 7.66. The second-order valence-corrected chi connectivity index (χ2v) is 4.35. The molecule has 0 bridgehead atoms. The van der Waals surface area contributed by atoms with Gasteiger partial charge in [0.05, 0.1) is 0 Å². The zero-order valence-electron chi connectivity index (χ0n) is 10.1. The van der Waals surface area contributed by atoms with Crippen molar-refractivity contribution in [3.8, 4) is 0 Å². The molecule has 0 aliphatic carbocycles. The number of anilines is 1. The first kappa shape index (κ1) is 10.8. The van der Waals surface area contributed by atoms with Gasteiger partial charge in [-0.25, -0.2) is 0 Å². The van der Waals surface area contributed by atoms with Gasteiger partial charge in [-0.05, 0) is 43.5 Å². The fourth-order valence-electron chi connectivity index (χ4n) is 2.12. The molecule has 0 spiro atoms. The Morgan fingerprint density at radius 1 is 1.12 bits per heavy atom. The van der Waals surface area contributed by atoms with Gasteiger partial charge in [0.1, 0.15) is 0 Å². The van der Waals surface area contributed by atoms with Crippen molar-refractivity contribution in [2.45, 2.75) is 27.3 Å². The van der Waals surface area contributed by atoms with Gasteiger partial charge in [-0.2, -0.15) is 0 Å². The Hall–Kier alpha value is -1.70. The van der Waals surface area contributed by atoms with Gasteiger partial charge >= 0.3 is 0 Å². The van der Waals surface area contributed by atoms with Crippen LogP contribution in [0.4, 0.5) is 5.69 Å². The largest absolute Gasteiger partial charge is 0.380 e. The lowest BCUT2D eigenvalue weighted by molar-refractivity contribution is 1.13. The van der Waals surface area contributed by atoms with Crippen LogP contribution in [-0.2, 0) is 6.54 Å². The van der Waals surface area contributed by atoms with Crippen LogP contribution in [0.2, 0.25) is 0 Å². The summed E-state index contributed by atoms with van der Waals surface area (Å²) in [7, 11) is 0. The molecule has 0 aliphatic rings. The number of nitrogens with one attached hydrogen (secondary N) is 2. The van der Waals surface area contributed by atoms with E-state index >= 15 is 0 Å². The fourth-order valence-corrected chi connectivity index (χ4v) is 2.12. The van der Waals surface area contributed by atoms with Crippen LogP contribution in [-0.4, -0.2) is 4.98 Å². The maximum Gasteiger partial charge on any atom is 0.0415 e. The Bertz CT molecular complexity index is 446. The lowest BCUT2D eigenvalue weighted by Crippen LogP contribution is -2.02. The molecular weight excluding hydrogens is 196 g/mol. The van der Waals surface area contributed by atoms with Gasteiger partial charge in [0.2, 0.25) is 0 Å². The molecular formula is C14H18N2. The SMILES string of the molecule is Cc1cc(C)c(NCc2cc[nH]c2)c(C)c1. The highest BCUT2D eigenvalue weighted by molar-refractivity contribution is 5.58. The summed E-state index contributed by atoms with van der Waals surface area (Å²) < 4.78 is 0. The lowest BCUT2D eigenvalue weighted by atomic mass is 10.1. The average Bonchev–Trinajstić information content (AvgIpc) is 2.68. The highest BCUT2D eigenvalue weighted by Crippen LogP contribution is 2.22. The van der Waals surface area contributed by atoms with Crippen LogP contribution >= 0.6 is 0 Å². The van der Waals surface area contributed by atoms with Crippen molar-refractivity contribution in [1.82, 2.24) is 4.98 Å².